The maximum absolute atomic E-state index is 11.3. The first-order valence-electron chi connectivity index (χ1n) is 6.80. The van der Waals surface area contributed by atoms with Gasteiger partial charge in [0, 0.05) is 19.1 Å². The summed E-state index contributed by atoms with van der Waals surface area (Å²) in [5.74, 6) is 1.31. The summed E-state index contributed by atoms with van der Waals surface area (Å²) in [5.41, 5.74) is 5.38. The van der Waals surface area contributed by atoms with Crippen molar-refractivity contribution in [1.82, 2.24) is 10.2 Å². The zero-order valence-corrected chi connectivity index (χ0v) is 11.4. The van der Waals surface area contributed by atoms with E-state index in [1.54, 1.807) is 4.90 Å². The highest BCUT2D eigenvalue weighted by molar-refractivity contribution is 5.72. The fourth-order valence-corrected chi connectivity index (χ4v) is 2.40. The van der Waals surface area contributed by atoms with Crippen LogP contribution >= 0.6 is 0 Å². The third-order valence-electron chi connectivity index (χ3n) is 3.58. The fraction of sp³-hybridized carbons (Fsp3) is 0.923. The molecule has 1 saturated heterocycles. The number of urea groups is 1. The highest BCUT2D eigenvalue weighted by Crippen LogP contribution is 2.19. The van der Waals surface area contributed by atoms with Gasteiger partial charge in [-0.3, -0.25) is 0 Å². The maximum atomic E-state index is 11.3. The summed E-state index contributed by atoms with van der Waals surface area (Å²) in [6.07, 6.45) is 3.47. The molecule has 1 heterocycles. The molecule has 3 N–H and O–H groups in total. The van der Waals surface area contributed by atoms with Gasteiger partial charge in [-0.15, -0.1) is 0 Å². The highest BCUT2D eigenvalue weighted by Gasteiger charge is 2.27. The Morgan fingerprint density at radius 3 is 2.71 bits per heavy atom. The number of hydrogen-bond donors (Lipinski definition) is 2. The minimum Gasteiger partial charge on any atom is -0.351 e. The van der Waals surface area contributed by atoms with E-state index in [2.05, 4.69) is 26.1 Å². The standard InChI is InChI=1S/C13H27N3O/c1-4-11-7-12(15-6-5-10(2)3)9-16(8-11)13(14)17/h10-12,15H,4-9H2,1-3H3,(H2,14,17). The van der Waals surface area contributed by atoms with Gasteiger partial charge in [-0.25, -0.2) is 4.79 Å². The Labute approximate surface area is 105 Å². The maximum Gasteiger partial charge on any atom is 0.314 e. The van der Waals surface area contributed by atoms with E-state index < -0.39 is 0 Å². The van der Waals surface area contributed by atoms with Crippen LogP contribution in [0, 0.1) is 11.8 Å². The van der Waals surface area contributed by atoms with Crippen molar-refractivity contribution in [1.29, 1.82) is 0 Å². The second kappa shape index (κ2) is 6.84. The van der Waals surface area contributed by atoms with E-state index in [1.165, 1.54) is 12.8 Å². The lowest BCUT2D eigenvalue weighted by Gasteiger charge is -2.37. The molecule has 1 aliphatic heterocycles. The van der Waals surface area contributed by atoms with E-state index >= 15 is 0 Å². The lowest BCUT2D eigenvalue weighted by Crippen LogP contribution is -2.52. The van der Waals surface area contributed by atoms with E-state index in [9.17, 15) is 4.79 Å². The molecule has 100 valence electrons. The van der Waals surface area contributed by atoms with E-state index in [0.717, 1.165) is 32.0 Å². The summed E-state index contributed by atoms with van der Waals surface area (Å²) < 4.78 is 0. The van der Waals surface area contributed by atoms with Crippen LogP contribution in [-0.4, -0.2) is 36.6 Å². The van der Waals surface area contributed by atoms with E-state index in [4.69, 9.17) is 5.73 Å². The Hall–Kier alpha value is -0.770. The predicted molar refractivity (Wildman–Crippen MR) is 70.8 cm³/mol. The van der Waals surface area contributed by atoms with Crippen molar-refractivity contribution >= 4 is 6.03 Å². The molecule has 1 aliphatic rings. The zero-order chi connectivity index (χ0) is 12.8. The number of carbonyl (C=O) groups excluding carboxylic acids is 1. The van der Waals surface area contributed by atoms with Crippen LogP contribution in [-0.2, 0) is 0 Å². The molecule has 0 saturated carbocycles. The van der Waals surface area contributed by atoms with Gasteiger partial charge in [-0.1, -0.05) is 27.2 Å². The molecule has 17 heavy (non-hydrogen) atoms. The largest absolute Gasteiger partial charge is 0.351 e. The summed E-state index contributed by atoms with van der Waals surface area (Å²) in [4.78, 5) is 13.0. The molecular weight excluding hydrogens is 214 g/mol. The molecule has 0 aromatic rings. The SMILES string of the molecule is CCC1CC(NCCC(C)C)CN(C(N)=O)C1. The molecule has 1 fully saturated rings. The topological polar surface area (TPSA) is 58.4 Å². The van der Waals surface area contributed by atoms with Gasteiger partial charge in [0.25, 0.3) is 0 Å². The van der Waals surface area contributed by atoms with Crippen molar-refractivity contribution in [3.05, 3.63) is 0 Å². The molecule has 2 amide bonds. The molecule has 0 bridgehead atoms. The van der Waals surface area contributed by atoms with Crippen molar-refractivity contribution < 1.29 is 4.79 Å². The Morgan fingerprint density at radius 2 is 2.18 bits per heavy atom. The van der Waals surface area contributed by atoms with E-state index in [1.807, 2.05) is 0 Å². The molecule has 4 heteroatoms. The van der Waals surface area contributed by atoms with E-state index in [0.29, 0.717) is 12.0 Å². The number of carbonyl (C=O) groups is 1. The van der Waals surface area contributed by atoms with Crippen molar-refractivity contribution in [3.63, 3.8) is 0 Å². The first kappa shape index (κ1) is 14.3. The summed E-state index contributed by atoms with van der Waals surface area (Å²) >= 11 is 0. The molecule has 4 nitrogen and oxygen atoms in total. The Balaban J connectivity index is 2.39. The molecule has 0 radical (unpaired) electrons. The van der Waals surface area contributed by atoms with Crippen LogP contribution in [0.2, 0.25) is 0 Å². The van der Waals surface area contributed by atoms with Gasteiger partial charge < -0.3 is 16.0 Å². The zero-order valence-electron chi connectivity index (χ0n) is 11.4. The number of rotatable bonds is 5. The second-order valence-corrected chi connectivity index (χ2v) is 5.59. The highest BCUT2D eigenvalue weighted by atomic mass is 16.2. The molecule has 0 aliphatic carbocycles. The van der Waals surface area contributed by atoms with Gasteiger partial charge >= 0.3 is 6.03 Å². The number of hydrogen-bond acceptors (Lipinski definition) is 2. The van der Waals surface area contributed by atoms with Crippen LogP contribution in [0.4, 0.5) is 4.79 Å². The summed E-state index contributed by atoms with van der Waals surface area (Å²) in [7, 11) is 0. The molecule has 1 rings (SSSR count). The lowest BCUT2D eigenvalue weighted by molar-refractivity contribution is 0.150. The van der Waals surface area contributed by atoms with Crippen molar-refractivity contribution in [3.8, 4) is 0 Å². The first-order chi connectivity index (χ1) is 8.02. The fourth-order valence-electron chi connectivity index (χ4n) is 2.40. The van der Waals surface area contributed by atoms with Crippen LogP contribution in [0.25, 0.3) is 0 Å². The van der Waals surface area contributed by atoms with Crippen LogP contribution in [0.3, 0.4) is 0 Å². The summed E-state index contributed by atoms with van der Waals surface area (Å²) in [5, 5.41) is 3.55. The first-order valence-corrected chi connectivity index (χ1v) is 6.80. The van der Waals surface area contributed by atoms with Crippen LogP contribution in [0.5, 0.6) is 0 Å². The van der Waals surface area contributed by atoms with Gasteiger partial charge in [-0.05, 0) is 31.2 Å². The Morgan fingerprint density at radius 1 is 1.47 bits per heavy atom. The molecule has 2 unspecified atom stereocenters. The summed E-state index contributed by atoms with van der Waals surface area (Å²) in [6, 6.07) is 0.138. The Kier molecular flexibility index (Phi) is 5.75. The van der Waals surface area contributed by atoms with Crippen LogP contribution in [0.1, 0.15) is 40.0 Å². The molecular formula is C13H27N3O. The minimum atomic E-state index is -0.279. The quantitative estimate of drug-likeness (QED) is 0.771. The van der Waals surface area contributed by atoms with Crippen LogP contribution in [0.15, 0.2) is 0 Å². The van der Waals surface area contributed by atoms with Gasteiger partial charge in [0.05, 0.1) is 0 Å². The smallest absolute Gasteiger partial charge is 0.314 e. The third-order valence-corrected chi connectivity index (χ3v) is 3.58. The lowest BCUT2D eigenvalue weighted by atomic mass is 9.92. The number of primary amides is 1. The predicted octanol–water partition coefficient (Wildman–Crippen LogP) is 1.80. The molecule has 0 aromatic heterocycles. The van der Waals surface area contributed by atoms with Gasteiger partial charge in [0.2, 0.25) is 0 Å². The van der Waals surface area contributed by atoms with Gasteiger partial charge in [-0.2, -0.15) is 0 Å². The summed E-state index contributed by atoms with van der Waals surface area (Å²) in [6.45, 7) is 9.27. The average molecular weight is 241 g/mol. The van der Waals surface area contributed by atoms with Crippen molar-refractivity contribution in [2.45, 2.75) is 46.1 Å². The van der Waals surface area contributed by atoms with Crippen molar-refractivity contribution in [2.75, 3.05) is 19.6 Å². The van der Waals surface area contributed by atoms with Crippen LogP contribution < -0.4 is 11.1 Å². The number of amides is 2. The number of nitrogens with two attached hydrogens (primary N) is 1. The molecule has 2 atom stereocenters. The van der Waals surface area contributed by atoms with Gasteiger partial charge in [0.1, 0.15) is 0 Å². The average Bonchev–Trinajstić information content (AvgIpc) is 2.28. The second-order valence-electron chi connectivity index (χ2n) is 5.59. The normalized spacial score (nSPS) is 25.3. The van der Waals surface area contributed by atoms with Gasteiger partial charge in [0.15, 0.2) is 0 Å². The van der Waals surface area contributed by atoms with Crippen molar-refractivity contribution in [2.24, 2.45) is 17.6 Å². The third kappa shape index (κ3) is 4.94. The molecule has 0 aromatic carbocycles. The van der Waals surface area contributed by atoms with E-state index in [-0.39, 0.29) is 6.03 Å². The number of nitrogens with one attached hydrogen (secondary N) is 1. The minimum absolute atomic E-state index is 0.279. The number of nitrogens with zero attached hydrogens (tertiary/aromatic N) is 1. The monoisotopic (exact) mass is 241 g/mol. The Bertz CT molecular complexity index is 243. The number of likely N-dealkylation sites (tertiary alicyclic amines) is 1. The number of piperidine rings is 1. The molecule has 0 spiro atoms.